The molecule has 0 fully saturated rings. The van der Waals surface area contributed by atoms with Crippen LogP contribution in [0.25, 0.3) is 10.9 Å². The van der Waals surface area contributed by atoms with Crippen LogP contribution in [0.3, 0.4) is 0 Å². The molecule has 24 heavy (non-hydrogen) atoms. The Bertz CT molecular complexity index is 927. The SMILES string of the molecule is CCCn1ccc2ccc(N3Cc4ccc(OC)cc4C3=O)cc21. The Labute approximate surface area is 141 Å². The zero-order valence-electron chi connectivity index (χ0n) is 14.0. The molecule has 1 aliphatic rings. The Morgan fingerprint density at radius 2 is 2.00 bits per heavy atom. The molecule has 1 aromatic heterocycles. The minimum Gasteiger partial charge on any atom is -0.497 e. The topological polar surface area (TPSA) is 34.5 Å². The molecule has 4 heteroatoms. The number of benzene rings is 2. The van der Waals surface area contributed by atoms with Crippen LogP contribution in [0.5, 0.6) is 5.75 Å². The van der Waals surface area contributed by atoms with Gasteiger partial charge < -0.3 is 14.2 Å². The summed E-state index contributed by atoms with van der Waals surface area (Å²) in [5, 5.41) is 1.21. The van der Waals surface area contributed by atoms with Gasteiger partial charge in [-0.2, -0.15) is 0 Å². The quantitative estimate of drug-likeness (QED) is 0.721. The van der Waals surface area contributed by atoms with Crippen molar-refractivity contribution >= 4 is 22.5 Å². The fraction of sp³-hybridized carbons (Fsp3) is 0.250. The first kappa shape index (κ1) is 14.8. The van der Waals surface area contributed by atoms with Gasteiger partial charge in [0.15, 0.2) is 0 Å². The molecule has 0 aliphatic carbocycles. The summed E-state index contributed by atoms with van der Waals surface area (Å²) in [7, 11) is 1.62. The van der Waals surface area contributed by atoms with Crippen molar-refractivity contribution in [2.45, 2.75) is 26.4 Å². The minimum absolute atomic E-state index is 0.0387. The molecule has 0 radical (unpaired) electrons. The standard InChI is InChI=1S/C20H20N2O2/c1-3-9-21-10-8-14-4-6-16(11-19(14)21)22-13-15-5-7-17(24-2)12-18(15)20(22)23/h4-8,10-12H,3,9,13H2,1-2H3. The predicted molar refractivity (Wildman–Crippen MR) is 95.7 cm³/mol. The van der Waals surface area contributed by atoms with Crippen molar-refractivity contribution in [3.63, 3.8) is 0 Å². The van der Waals surface area contributed by atoms with Crippen molar-refractivity contribution in [3.05, 3.63) is 59.8 Å². The van der Waals surface area contributed by atoms with Crippen molar-refractivity contribution in [2.75, 3.05) is 12.0 Å². The Morgan fingerprint density at radius 1 is 1.12 bits per heavy atom. The van der Waals surface area contributed by atoms with Crippen LogP contribution in [0, 0.1) is 0 Å². The molecule has 0 saturated heterocycles. The van der Waals surface area contributed by atoms with E-state index in [1.54, 1.807) is 7.11 Å². The van der Waals surface area contributed by atoms with Gasteiger partial charge >= 0.3 is 0 Å². The summed E-state index contributed by atoms with van der Waals surface area (Å²) in [5.74, 6) is 0.757. The molecule has 1 aliphatic heterocycles. The molecule has 1 amide bonds. The van der Waals surface area contributed by atoms with Gasteiger partial charge in [0, 0.05) is 24.0 Å². The fourth-order valence-corrected chi connectivity index (χ4v) is 3.39. The number of nitrogens with zero attached hydrogens (tertiary/aromatic N) is 2. The first-order valence-electron chi connectivity index (χ1n) is 8.29. The number of hydrogen-bond donors (Lipinski definition) is 0. The molecule has 0 saturated carbocycles. The summed E-state index contributed by atoms with van der Waals surface area (Å²) >= 11 is 0. The van der Waals surface area contributed by atoms with Crippen molar-refractivity contribution < 1.29 is 9.53 Å². The van der Waals surface area contributed by atoms with E-state index in [0.717, 1.165) is 35.5 Å². The third-order valence-electron chi connectivity index (χ3n) is 4.65. The summed E-state index contributed by atoms with van der Waals surface area (Å²) in [6, 6.07) is 14.1. The minimum atomic E-state index is 0.0387. The molecular formula is C20H20N2O2. The van der Waals surface area contributed by atoms with E-state index in [1.165, 1.54) is 10.9 Å². The van der Waals surface area contributed by atoms with Gasteiger partial charge in [0.05, 0.1) is 19.2 Å². The first-order valence-corrected chi connectivity index (χ1v) is 8.29. The Kier molecular flexibility index (Phi) is 3.53. The van der Waals surface area contributed by atoms with Gasteiger partial charge in [-0.1, -0.05) is 19.1 Å². The zero-order valence-corrected chi connectivity index (χ0v) is 14.0. The first-order chi connectivity index (χ1) is 11.7. The molecule has 122 valence electrons. The highest BCUT2D eigenvalue weighted by molar-refractivity contribution is 6.10. The van der Waals surface area contributed by atoms with Crippen LogP contribution in [0.1, 0.15) is 29.3 Å². The lowest BCUT2D eigenvalue weighted by Gasteiger charge is -2.16. The smallest absolute Gasteiger partial charge is 0.259 e. The third kappa shape index (κ3) is 2.26. The molecule has 3 aromatic rings. The van der Waals surface area contributed by atoms with Gasteiger partial charge in [-0.3, -0.25) is 4.79 Å². The molecule has 2 aromatic carbocycles. The van der Waals surface area contributed by atoms with Gasteiger partial charge in [-0.15, -0.1) is 0 Å². The summed E-state index contributed by atoms with van der Waals surface area (Å²) in [4.78, 5) is 14.7. The normalized spacial score (nSPS) is 13.6. The van der Waals surface area contributed by atoms with Crippen LogP contribution in [0.2, 0.25) is 0 Å². The second-order valence-corrected chi connectivity index (χ2v) is 6.17. The van der Waals surface area contributed by atoms with E-state index in [2.05, 4.69) is 35.9 Å². The van der Waals surface area contributed by atoms with E-state index < -0.39 is 0 Å². The zero-order chi connectivity index (χ0) is 16.7. The number of hydrogen-bond acceptors (Lipinski definition) is 2. The van der Waals surface area contributed by atoms with E-state index in [0.29, 0.717) is 6.54 Å². The monoisotopic (exact) mass is 320 g/mol. The highest BCUT2D eigenvalue weighted by atomic mass is 16.5. The second kappa shape index (κ2) is 5.71. The number of methoxy groups -OCH3 is 1. The maximum atomic E-state index is 12.8. The van der Waals surface area contributed by atoms with Crippen molar-refractivity contribution in [1.82, 2.24) is 4.57 Å². The van der Waals surface area contributed by atoms with Gasteiger partial charge in [-0.05, 0) is 47.7 Å². The van der Waals surface area contributed by atoms with Crippen LogP contribution in [0.4, 0.5) is 5.69 Å². The lowest BCUT2D eigenvalue weighted by atomic mass is 10.1. The highest BCUT2D eigenvalue weighted by Gasteiger charge is 2.29. The number of aryl methyl sites for hydroxylation is 1. The molecule has 0 N–H and O–H groups in total. The van der Waals surface area contributed by atoms with Crippen molar-refractivity contribution in [1.29, 1.82) is 0 Å². The highest BCUT2D eigenvalue weighted by Crippen LogP contribution is 2.32. The van der Waals surface area contributed by atoms with Gasteiger partial charge in [0.1, 0.15) is 5.75 Å². The predicted octanol–water partition coefficient (Wildman–Crippen LogP) is 4.22. The van der Waals surface area contributed by atoms with Crippen LogP contribution >= 0.6 is 0 Å². The molecule has 0 bridgehead atoms. The second-order valence-electron chi connectivity index (χ2n) is 6.17. The number of amides is 1. The average Bonchev–Trinajstić information content (AvgIpc) is 3.16. The van der Waals surface area contributed by atoms with Gasteiger partial charge in [0.25, 0.3) is 5.91 Å². The lowest BCUT2D eigenvalue weighted by molar-refractivity contribution is 0.0996. The van der Waals surface area contributed by atoms with Crippen molar-refractivity contribution in [2.24, 2.45) is 0 Å². The summed E-state index contributed by atoms with van der Waals surface area (Å²) in [5.41, 5.74) is 3.90. The van der Waals surface area contributed by atoms with Crippen molar-refractivity contribution in [3.8, 4) is 5.75 Å². The fourth-order valence-electron chi connectivity index (χ4n) is 3.39. The number of carbonyl (C=O) groups is 1. The molecule has 2 heterocycles. The Hall–Kier alpha value is -2.75. The molecule has 0 unspecified atom stereocenters. The van der Waals surface area contributed by atoms with Crippen LogP contribution in [0.15, 0.2) is 48.7 Å². The summed E-state index contributed by atoms with van der Waals surface area (Å²) in [6.45, 7) is 3.76. The number of ether oxygens (including phenoxy) is 1. The summed E-state index contributed by atoms with van der Waals surface area (Å²) < 4.78 is 7.49. The molecular weight excluding hydrogens is 300 g/mol. The van der Waals surface area contributed by atoms with E-state index >= 15 is 0 Å². The molecule has 0 atom stereocenters. The van der Waals surface area contributed by atoms with E-state index in [-0.39, 0.29) is 5.91 Å². The van der Waals surface area contributed by atoms with E-state index in [1.807, 2.05) is 29.2 Å². The number of anilines is 1. The number of rotatable bonds is 4. The molecule has 4 rings (SSSR count). The van der Waals surface area contributed by atoms with E-state index in [9.17, 15) is 4.79 Å². The maximum Gasteiger partial charge on any atom is 0.259 e. The van der Waals surface area contributed by atoms with Gasteiger partial charge in [-0.25, -0.2) is 0 Å². The number of aromatic nitrogens is 1. The third-order valence-corrected chi connectivity index (χ3v) is 4.65. The Morgan fingerprint density at radius 3 is 2.79 bits per heavy atom. The molecule has 4 nitrogen and oxygen atoms in total. The van der Waals surface area contributed by atoms with Gasteiger partial charge in [0.2, 0.25) is 0 Å². The van der Waals surface area contributed by atoms with Crippen LogP contribution in [-0.4, -0.2) is 17.6 Å². The number of carbonyl (C=O) groups excluding carboxylic acids is 1. The molecule has 0 spiro atoms. The Balaban J connectivity index is 1.73. The maximum absolute atomic E-state index is 12.8. The summed E-state index contributed by atoms with van der Waals surface area (Å²) in [6.07, 6.45) is 3.20. The van der Waals surface area contributed by atoms with Crippen LogP contribution < -0.4 is 9.64 Å². The average molecular weight is 320 g/mol. The van der Waals surface area contributed by atoms with Crippen LogP contribution in [-0.2, 0) is 13.1 Å². The largest absolute Gasteiger partial charge is 0.497 e. The lowest BCUT2D eigenvalue weighted by Crippen LogP contribution is -2.22. The number of fused-ring (bicyclic) bond motifs is 2. The van der Waals surface area contributed by atoms with E-state index in [4.69, 9.17) is 4.74 Å².